The van der Waals surface area contributed by atoms with E-state index in [1.54, 1.807) is 24.8 Å². The fraction of sp³-hybridized carbons (Fsp3) is 0.538. The minimum atomic E-state index is -3.63. The van der Waals surface area contributed by atoms with E-state index in [0.717, 1.165) is 5.75 Å². The molecule has 1 aromatic carbocycles. The van der Waals surface area contributed by atoms with Gasteiger partial charge in [-0.15, -0.1) is 0 Å². The van der Waals surface area contributed by atoms with Gasteiger partial charge in [-0.05, 0) is 42.9 Å². The number of sulfonamides is 1. The summed E-state index contributed by atoms with van der Waals surface area (Å²) in [6.07, 6.45) is 0. The largest absolute Gasteiger partial charge is 0.392 e. The predicted octanol–water partition coefficient (Wildman–Crippen LogP) is 2.56. The number of hydrogen-bond donors (Lipinski definition) is 2. The molecule has 20 heavy (non-hydrogen) atoms. The van der Waals surface area contributed by atoms with Crippen LogP contribution in [0.15, 0.2) is 17.0 Å². The highest BCUT2D eigenvalue weighted by atomic mass is 35.5. The van der Waals surface area contributed by atoms with Crippen LogP contribution in [0.1, 0.15) is 25.0 Å². The van der Waals surface area contributed by atoms with Gasteiger partial charge in [0, 0.05) is 16.8 Å². The number of halogens is 1. The molecule has 114 valence electrons. The molecule has 0 amide bonds. The molecule has 0 saturated heterocycles. The normalized spacial score (nSPS) is 13.4. The van der Waals surface area contributed by atoms with Crippen molar-refractivity contribution in [1.29, 1.82) is 0 Å². The summed E-state index contributed by atoms with van der Waals surface area (Å²) < 4.78 is 27.4. The predicted molar refractivity (Wildman–Crippen MR) is 84.9 cm³/mol. The molecular formula is C13H20ClNO3S2. The van der Waals surface area contributed by atoms with Gasteiger partial charge >= 0.3 is 0 Å². The highest BCUT2D eigenvalue weighted by Crippen LogP contribution is 2.24. The van der Waals surface area contributed by atoms with Crippen LogP contribution in [0.4, 0.5) is 0 Å². The third kappa shape index (κ3) is 4.63. The van der Waals surface area contributed by atoms with Crippen LogP contribution >= 0.6 is 23.4 Å². The summed E-state index contributed by atoms with van der Waals surface area (Å²) in [4.78, 5) is 0.127. The number of aliphatic hydroxyl groups is 1. The Morgan fingerprint density at radius 3 is 2.65 bits per heavy atom. The molecule has 0 spiro atoms. The van der Waals surface area contributed by atoms with Gasteiger partial charge in [-0.2, -0.15) is 11.8 Å². The van der Waals surface area contributed by atoms with Gasteiger partial charge in [0.2, 0.25) is 10.0 Å². The maximum Gasteiger partial charge on any atom is 0.241 e. The van der Waals surface area contributed by atoms with Gasteiger partial charge in [-0.25, -0.2) is 13.1 Å². The maximum atomic E-state index is 12.4. The molecule has 1 unspecified atom stereocenters. The van der Waals surface area contributed by atoms with Crippen molar-refractivity contribution in [3.8, 4) is 0 Å². The summed E-state index contributed by atoms with van der Waals surface area (Å²) in [5.74, 6) is 1.65. The topological polar surface area (TPSA) is 66.4 Å². The third-order valence-corrected chi connectivity index (χ3v) is 5.90. The first-order chi connectivity index (χ1) is 9.31. The molecule has 2 N–H and O–H groups in total. The molecule has 0 aliphatic heterocycles. The number of nitrogens with one attached hydrogen (secondary N) is 1. The summed E-state index contributed by atoms with van der Waals surface area (Å²) in [5, 5.41) is 9.56. The Bertz CT molecular complexity index is 561. The number of hydrogen-bond acceptors (Lipinski definition) is 4. The number of aliphatic hydroxyl groups excluding tert-OH is 1. The van der Waals surface area contributed by atoms with Crippen molar-refractivity contribution in [2.24, 2.45) is 0 Å². The molecule has 1 rings (SSSR count). The maximum absolute atomic E-state index is 12.4. The summed E-state index contributed by atoms with van der Waals surface area (Å²) in [6, 6.07) is 2.82. The first kappa shape index (κ1) is 17.8. The van der Waals surface area contributed by atoms with E-state index < -0.39 is 10.0 Å². The van der Waals surface area contributed by atoms with E-state index >= 15 is 0 Å². The highest BCUT2D eigenvalue weighted by Gasteiger charge is 2.21. The Balaban J connectivity index is 3.06. The molecule has 0 saturated carbocycles. The molecule has 0 heterocycles. The Morgan fingerprint density at radius 1 is 1.45 bits per heavy atom. The van der Waals surface area contributed by atoms with Crippen molar-refractivity contribution in [2.45, 2.75) is 38.3 Å². The van der Waals surface area contributed by atoms with Gasteiger partial charge in [0.1, 0.15) is 0 Å². The average Bonchev–Trinajstić information content (AvgIpc) is 2.37. The van der Waals surface area contributed by atoms with Crippen molar-refractivity contribution in [2.75, 3.05) is 11.5 Å². The number of rotatable bonds is 7. The molecular weight excluding hydrogens is 318 g/mol. The molecule has 0 fully saturated rings. The van der Waals surface area contributed by atoms with E-state index in [1.807, 2.05) is 13.8 Å². The quantitative estimate of drug-likeness (QED) is 0.802. The lowest BCUT2D eigenvalue weighted by molar-refractivity contribution is 0.280. The second-order valence-corrected chi connectivity index (χ2v) is 7.97. The van der Waals surface area contributed by atoms with E-state index in [4.69, 9.17) is 11.6 Å². The van der Waals surface area contributed by atoms with Crippen LogP contribution in [0.5, 0.6) is 0 Å². The first-order valence-electron chi connectivity index (χ1n) is 6.31. The lowest BCUT2D eigenvalue weighted by Crippen LogP contribution is -2.34. The number of benzene rings is 1. The van der Waals surface area contributed by atoms with Gasteiger partial charge in [0.15, 0.2) is 0 Å². The van der Waals surface area contributed by atoms with Crippen LogP contribution in [-0.4, -0.2) is 31.1 Å². The van der Waals surface area contributed by atoms with E-state index in [2.05, 4.69) is 4.72 Å². The Labute approximate surface area is 130 Å². The zero-order chi connectivity index (χ0) is 15.3. The molecule has 0 aliphatic rings. The van der Waals surface area contributed by atoms with Gasteiger partial charge in [0.25, 0.3) is 0 Å². The van der Waals surface area contributed by atoms with Gasteiger partial charge in [-0.3, -0.25) is 0 Å². The SMILES string of the molecule is CCSCC(C)NS(=O)(=O)c1cc(Cl)cc(CO)c1C. The lowest BCUT2D eigenvalue weighted by atomic mass is 10.1. The Kier molecular flexibility index (Phi) is 6.81. The minimum absolute atomic E-state index is 0.127. The van der Waals surface area contributed by atoms with E-state index in [1.165, 1.54) is 6.07 Å². The van der Waals surface area contributed by atoms with Crippen molar-refractivity contribution >= 4 is 33.4 Å². The minimum Gasteiger partial charge on any atom is -0.392 e. The van der Waals surface area contributed by atoms with Gasteiger partial charge in [0.05, 0.1) is 11.5 Å². The molecule has 0 aromatic heterocycles. The smallest absolute Gasteiger partial charge is 0.241 e. The summed E-state index contributed by atoms with van der Waals surface area (Å²) in [5.41, 5.74) is 1.05. The fourth-order valence-electron chi connectivity index (χ4n) is 1.81. The molecule has 0 radical (unpaired) electrons. The molecule has 1 atom stereocenters. The van der Waals surface area contributed by atoms with Crippen LogP contribution in [0.2, 0.25) is 5.02 Å². The van der Waals surface area contributed by atoms with E-state index in [0.29, 0.717) is 21.9 Å². The highest BCUT2D eigenvalue weighted by molar-refractivity contribution is 7.99. The molecule has 1 aromatic rings. The molecule has 0 aliphatic carbocycles. The molecule has 7 heteroatoms. The van der Waals surface area contributed by atoms with E-state index in [-0.39, 0.29) is 17.5 Å². The monoisotopic (exact) mass is 337 g/mol. The summed E-state index contributed by atoms with van der Waals surface area (Å²) in [6.45, 7) is 5.28. The third-order valence-electron chi connectivity index (χ3n) is 2.82. The first-order valence-corrected chi connectivity index (χ1v) is 9.33. The van der Waals surface area contributed by atoms with Crippen LogP contribution in [0, 0.1) is 6.92 Å². The summed E-state index contributed by atoms with van der Waals surface area (Å²) >= 11 is 7.59. The number of thioether (sulfide) groups is 1. The van der Waals surface area contributed by atoms with Crippen LogP contribution in [0.25, 0.3) is 0 Å². The zero-order valence-corrected chi connectivity index (χ0v) is 14.2. The zero-order valence-electron chi connectivity index (χ0n) is 11.8. The standard InChI is InChI=1S/C13H20ClNO3S2/c1-4-19-8-9(2)15-20(17,18)13-6-12(14)5-11(7-16)10(13)3/h5-6,9,15-16H,4,7-8H2,1-3H3. The van der Waals surface area contributed by atoms with Gasteiger partial charge in [-0.1, -0.05) is 18.5 Å². The van der Waals surface area contributed by atoms with Crippen LogP contribution < -0.4 is 4.72 Å². The van der Waals surface area contributed by atoms with Crippen LogP contribution in [-0.2, 0) is 16.6 Å². The fourth-order valence-corrected chi connectivity index (χ4v) is 4.45. The second kappa shape index (κ2) is 7.66. The average molecular weight is 338 g/mol. The summed E-state index contributed by atoms with van der Waals surface area (Å²) in [7, 11) is -3.63. The molecule has 4 nitrogen and oxygen atoms in total. The Morgan fingerprint density at radius 2 is 2.10 bits per heavy atom. The van der Waals surface area contributed by atoms with Gasteiger partial charge < -0.3 is 5.11 Å². The molecule has 0 bridgehead atoms. The van der Waals surface area contributed by atoms with Crippen molar-refractivity contribution in [1.82, 2.24) is 4.72 Å². The van der Waals surface area contributed by atoms with Crippen molar-refractivity contribution < 1.29 is 13.5 Å². The Hall–Kier alpha value is -0.270. The van der Waals surface area contributed by atoms with Crippen molar-refractivity contribution in [3.05, 3.63) is 28.3 Å². The van der Waals surface area contributed by atoms with Crippen molar-refractivity contribution in [3.63, 3.8) is 0 Å². The second-order valence-electron chi connectivity index (χ2n) is 4.53. The lowest BCUT2D eigenvalue weighted by Gasteiger charge is -2.16. The van der Waals surface area contributed by atoms with Crippen LogP contribution in [0.3, 0.4) is 0 Å². The van der Waals surface area contributed by atoms with E-state index in [9.17, 15) is 13.5 Å².